The summed E-state index contributed by atoms with van der Waals surface area (Å²) in [5.41, 5.74) is 1.65. The molecule has 13 nitrogen and oxygen atoms in total. The predicted octanol–water partition coefficient (Wildman–Crippen LogP) is 3.74. The minimum absolute atomic E-state index is 0.0568. The molecule has 4 rings (SSSR count). The lowest BCUT2D eigenvalue weighted by molar-refractivity contribution is -0.141. The van der Waals surface area contributed by atoms with Gasteiger partial charge in [0.2, 0.25) is 17.7 Å². The molecule has 0 saturated carbocycles. The van der Waals surface area contributed by atoms with E-state index < -0.39 is 77.7 Å². The van der Waals surface area contributed by atoms with Crippen molar-refractivity contribution in [2.45, 2.75) is 66.6 Å². The quantitative estimate of drug-likeness (QED) is 0.0977. The molecule has 0 radical (unpaired) electrons. The van der Waals surface area contributed by atoms with Crippen molar-refractivity contribution in [2.75, 3.05) is 26.2 Å². The third-order valence-corrected chi connectivity index (χ3v) is 9.04. The first kappa shape index (κ1) is 42.8. The maximum atomic E-state index is 15.0. The second kappa shape index (κ2) is 18.6. The van der Waals surface area contributed by atoms with E-state index in [-0.39, 0.29) is 30.8 Å². The van der Waals surface area contributed by atoms with E-state index in [4.69, 9.17) is 0 Å². The van der Waals surface area contributed by atoms with Gasteiger partial charge in [0.25, 0.3) is 17.7 Å². The topological polar surface area (TPSA) is 170 Å². The fraction of sp³-hybridized carbons (Fsp3) is 0.366. The van der Waals surface area contributed by atoms with Crippen LogP contribution in [0.3, 0.4) is 0 Å². The van der Waals surface area contributed by atoms with E-state index in [1.807, 2.05) is 55.7 Å². The predicted molar refractivity (Wildman–Crippen MR) is 204 cm³/mol. The molecule has 0 bridgehead atoms. The van der Waals surface area contributed by atoms with Gasteiger partial charge in [-0.1, -0.05) is 51.1 Å². The molecule has 1 aromatic heterocycles. The van der Waals surface area contributed by atoms with Crippen LogP contribution in [0.5, 0.6) is 0 Å². The standard InChI is InChI=1S/C41H48F2N6O7/c1-25(2)37(46-33(51)23-49-34(52)15-16-35(49)53)40(56)45-26(3)39(55)44-17-10-18-48(36(54)24-50)38(41(4,5)6)32-19-28(30-20-29(42)13-14-31(30)43)22-47(32)21-27-11-8-7-9-12-27/h7-9,11-16,19-20,22,26,38,50H,10,17-18,21,23-24H2,1-6H3,(H,44,55)(H,45,56)(H,46,51)/t26-,38-/m0/s1. The lowest BCUT2D eigenvalue weighted by atomic mass is 9.83. The smallest absolute Gasteiger partial charge is 0.268 e. The molecule has 298 valence electrons. The molecule has 15 heteroatoms. The zero-order chi connectivity index (χ0) is 41.3. The van der Waals surface area contributed by atoms with E-state index in [1.165, 1.54) is 11.8 Å². The second-order valence-electron chi connectivity index (χ2n) is 14.8. The van der Waals surface area contributed by atoms with E-state index >= 15 is 4.39 Å². The molecule has 0 fully saturated rings. The Balaban J connectivity index is 1.47. The highest BCUT2D eigenvalue weighted by Gasteiger charge is 2.37. The van der Waals surface area contributed by atoms with Crippen molar-refractivity contribution in [3.05, 3.63) is 107 Å². The van der Waals surface area contributed by atoms with Gasteiger partial charge < -0.3 is 30.5 Å². The van der Waals surface area contributed by atoms with Crippen LogP contribution in [0.25, 0.3) is 11.1 Å². The van der Waals surface area contributed by atoms with Crippen LogP contribution < -0.4 is 16.0 Å². The molecular weight excluding hydrogens is 726 g/mol. The van der Waals surface area contributed by atoms with Gasteiger partial charge in [0.1, 0.15) is 36.5 Å². The van der Waals surface area contributed by atoms with Crippen molar-refractivity contribution >= 4 is 35.4 Å². The number of halogens is 2. The van der Waals surface area contributed by atoms with Gasteiger partial charge in [-0.2, -0.15) is 0 Å². The summed E-state index contributed by atoms with van der Waals surface area (Å²) in [5, 5.41) is 17.8. The highest BCUT2D eigenvalue weighted by molar-refractivity contribution is 6.14. The average molecular weight is 775 g/mol. The average Bonchev–Trinajstić information content (AvgIpc) is 3.69. The van der Waals surface area contributed by atoms with Crippen LogP contribution in [0.15, 0.2) is 84.2 Å². The SMILES string of the molecule is CC(C)=C(NC(=O)CN1C(=O)C=CC1=O)C(=O)N[C@@H](C)C(=O)NCCCN(C(=O)CO)[C@@H](c1cc(-c2cc(F)ccc2F)cn1Cc1ccccc1)C(C)(C)C. The van der Waals surface area contributed by atoms with Crippen LogP contribution in [0, 0.1) is 17.0 Å². The van der Waals surface area contributed by atoms with E-state index in [9.17, 15) is 38.3 Å². The van der Waals surface area contributed by atoms with Gasteiger partial charge in [0.15, 0.2) is 0 Å². The van der Waals surface area contributed by atoms with Crippen molar-refractivity contribution < 1.29 is 42.7 Å². The van der Waals surface area contributed by atoms with Crippen molar-refractivity contribution in [3.8, 4) is 11.1 Å². The molecule has 0 aliphatic carbocycles. The molecule has 56 heavy (non-hydrogen) atoms. The summed E-state index contributed by atoms with van der Waals surface area (Å²) in [6.07, 6.45) is 4.04. The Morgan fingerprint density at radius 3 is 2.21 bits per heavy atom. The number of allylic oxidation sites excluding steroid dienone is 1. The number of imide groups is 1. The first-order valence-corrected chi connectivity index (χ1v) is 18.1. The van der Waals surface area contributed by atoms with Gasteiger partial charge in [-0.3, -0.25) is 33.7 Å². The molecule has 2 heterocycles. The number of aliphatic hydroxyl groups is 1. The summed E-state index contributed by atoms with van der Waals surface area (Å²) < 4.78 is 31.2. The molecule has 2 aromatic carbocycles. The Hall–Kier alpha value is -5.96. The zero-order valence-electron chi connectivity index (χ0n) is 32.3. The van der Waals surface area contributed by atoms with Crippen molar-refractivity contribution in [2.24, 2.45) is 5.41 Å². The molecule has 3 aromatic rings. The third-order valence-electron chi connectivity index (χ3n) is 9.04. The van der Waals surface area contributed by atoms with Gasteiger partial charge in [0.05, 0.1) is 6.04 Å². The maximum Gasteiger partial charge on any atom is 0.268 e. The largest absolute Gasteiger partial charge is 0.387 e. The Labute approximate surface area is 324 Å². The highest BCUT2D eigenvalue weighted by Crippen LogP contribution is 2.41. The van der Waals surface area contributed by atoms with Crippen LogP contribution in [0.2, 0.25) is 0 Å². The molecule has 2 atom stereocenters. The zero-order valence-corrected chi connectivity index (χ0v) is 32.3. The van der Waals surface area contributed by atoms with Gasteiger partial charge in [-0.25, -0.2) is 8.78 Å². The van der Waals surface area contributed by atoms with E-state index in [2.05, 4.69) is 16.0 Å². The number of nitrogens with one attached hydrogen (secondary N) is 3. The fourth-order valence-corrected chi connectivity index (χ4v) is 6.37. The summed E-state index contributed by atoms with van der Waals surface area (Å²) in [4.78, 5) is 78.0. The molecular formula is C41H48F2N6O7. The Bertz CT molecular complexity index is 2010. The van der Waals surface area contributed by atoms with Gasteiger partial charge in [-0.15, -0.1) is 0 Å². The lowest BCUT2D eigenvalue weighted by Crippen LogP contribution is -2.49. The number of amides is 6. The molecule has 0 saturated heterocycles. The molecule has 0 unspecified atom stereocenters. The summed E-state index contributed by atoms with van der Waals surface area (Å²) in [6.45, 7) is 9.49. The normalized spacial score (nSPS) is 13.6. The number of carbonyl (C=O) groups is 6. The minimum Gasteiger partial charge on any atom is -0.387 e. The summed E-state index contributed by atoms with van der Waals surface area (Å²) in [5.74, 6) is -5.19. The van der Waals surface area contributed by atoms with E-state index in [0.717, 1.165) is 40.8 Å². The number of hydrogen-bond acceptors (Lipinski definition) is 7. The Kier molecular flexibility index (Phi) is 14.2. The maximum absolute atomic E-state index is 15.0. The number of aliphatic hydroxyl groups excluding tert-OH is 1. The first-order valence-electron chi connectivity index (χ1n) is 18.1. The van der Waals surface area contributed by atoms with Crippen LogP contribution in [-0.4, -0.2) is 87.2 Å². The summed E-state index contributed by atoms with van der Waals surface area (Å²) in [6, 6.07) is 12.7. The van der Waals surface area contributed by atoms with E-state index in [1.54, 1.807) is 26.1 Å². The lowest BCUT2D eigenvalue weighted by Gasteiger charge is -2.41. The Morgan fingerprint density at radius 2 is 1.61 bits per heavy atom. The van der Waals surface area contributed by atoms with Crippen LogP contribution in [0.1, 0.15) is 65.3 Å². The first-order chi connectivity index (χ1) is 26.4. The monoisotopic (exact) mass is 774 g/mol. The van der Waals surface area contributed by atoms with Crippen LogP contribution in [0.4, 0.5) is 8.78 Å². The fourth-order valence-electron chi connectivity index (χ4n) is 6.37. The number of hydrogen-bond donors (Lipinski definition) is 4. The molecule has 6 amide bonds. The molecule has 4 N–H and O–H groups in total. The molecule has 1 aliphatic heterocycles. The number of nitrogens with zero attached hydrogens (tertiary/aromatic N) is 3. The molecule has 1 aliphatic rings. The van der Waals surface area contributed by atoms with Crippen LogP contribution in [-0.2, 0) is 35.3 Å². The number of benzene rings is 2. The number of aromatic nitrogens is 1. The van der Waals surface area contributed by atoms with Crippen molar-refractivity contribution in [1.82, 2.24) is 30.3 Å². The second-order valence-corrected chi connectivity index (χ2v) is 14.8. The van der Waals surface area contributed by atoms with E-state index in [0.29, 0.717) is 23.4 Å². The number of carbonyl (C=O) groups excluding carboxylic acids is 6. The summed E-state index contributed by atoms with van der Waals surface area (Å²) in [7, 11) is 0. The van der Waals surface area contributed by atoms with Gasteiger partial charge in [0, 0.05) is 54.8 Å². The Morgan fingerprint density at radius 1 is 0.946 bits per heavy atom. The van der Waals surface area contributed by atoms with Gasteiger partial charge in [-0.05, 0) is 68.0 Å². The molecule has 0 spiro atoms. The summed E-state index contributed by atoms with van der Waals surface area (Å²) >= 11 is 0. The van der Waals surface area contributed by atoms with Gasteiger partial charge >= 0.3 is 0 Å². The van der Waals surface area contributed by atoms with Crippen molar-refractivity contribution in [1.29, 1.82) is 0 Å². The van der Waals surface area contributed by atoms with Crippen LogP contribution >= 0.6 is 0 Å². The third kappa shape index (κ3) is 10.8. The highest BCUT2D eigenvalue weighted by atomic mass is 19.1. The number of rotatable bonds is 16. The minimum atomic E-state index is -1.06. The van der Waals surface area contributed by atoms with Crippen molar-refractivity contribution in [3.63, 3.8) is 0 Å².